The number of aliphatic hydroxyl groups is 1. The van der Waals surface area contributed by atoms with Gasteiger partial charge >= 0.3 is 0 Å². The molecule has 0 saturated heterocycles. The summed E-state index contributed by atoms with van der Waals surface area (Å²) in [4.78, 5) is 16.7. The van der Waals surface area contributed by atoms with Gasteiger partial charge in [-0.3, -0.25) is 4.79 Å². The van der Waals surface area contributed by atoms with E-state index in [0.717, 1.165) is 33.5 Å². The standard InChI is InChI=1S/C17H20N4O2/c1-11-14(10-16(23)18-8-5-9-22)12(2)21-17(19-11)13-6-3-4-7-15(13)20-21/h3-4,6-7,22H,5,8-10H2,1-2H3,(H,18,23). The third-order valence-electron chi connectivity index (χ3n) is 4.01. The van der Waals surface area contributed by atoms with Gasteiger partial charge in [0, 0.05) is 35.5 Å². The molecule has 6 heteroatoms. The zero-order valence-corrected chi connectivity index (χ0v) is 13.3. The Kier molecular flexibility index (Phi) is 4.25. The SMILES string of the molecule is Cc1nc2c3ccccc3nn2c(C)c1CC(=O)NCCCO. The smallest absolute Gasteiger partial charge is 0.224 e. The van der Waals surface area contributed by atoms with Crippen LogP contribution in [-0.2, 0) is 11.2 Å². The van der Waals surface area contributed by atoms with Gasteiger partial charge in [-0.25, -0.2) is 9.50 Å². The molecule has 3 aromatic rings. The molecule has 0 spiro atoms. The number of aliphatic hydroxyl groups excluding tert-OH is 1. The van der Waals surface area contributed by atoms with Crippen molar-refractivity contribution in [2.24, 2.45) is 0 Å². The molecule has 23 heavy (non-hydrogen) atoms. The van der Waals surface area contributed by atoms with Crippen LogP contribution in [0.5, 0.6) is 0 Å². The Hall–Kier alpha value is -2.47. The average Bonchev–Trinajstić information content (AvgIpc) is 2.91. The molecule has 0 aliphatic rings. The summed E-state index contributed by atoms with van der Waals surface area (Å²) in [5.41, 5.74) is 4.39. The van der Waals surface area contributed by atoms with Crippen LogP contribution < -0.4 is 5.32 Å². The summed E-state index contributed by atoms with van der Waals surface area (Å²) in [5, 5.41) is 17.2. The van der Waals surface area contributed by atoms with Crippen LogP contribution in [0.1, 0.15) is 23.4 Å². The molecule has 1 aromatic carbocycles. The van der Waals surface area contributed by atoms with Crippen LogP contribution in [0, 0.1) is 13.8 Å². The molecule has 0 aliphatic heterocycles. The van der Waals surface area contributed by atoms with Crippen LogP contribution in [0.15, 0.2) is 24.3 Å². The van der Waals surface area contributed by atoms with E-state index in [1.165, 1.54) is 0 Å². The molecule has 0 unspecified atom stereocenters. The summed E-state index contributed by atoms with van der Waals surface area (Å²) >= 11 is 0. The first kappa shape index (κ1) is 15.4. The monoisotopic (exact) mass is 312 g/mol. The van der Waals surface area contributed by atoms with Gasteiger partial charge in [0.25, 0.3) is 0 Å². The molecule has 3 rings (SSSR count). The van der Waals surface area contributed by atoms with Gasteiger partial charge in [0.2, 0.25) is 5.91 Å². The van der Waals surface area contributed by atoms with Crippen LogP contribution in [0.2, 0.25) is 0 Å². The van der Waals surface area contributed by atoms with E-state index < -0.39 is 0 Å². The number of benzene rings is 1. The van der Waals surface area contributed by atoms with Crippen molar-refractivity contribution in [1.82, 2.24) is 19.9 Å². The zero-order chi connectivity index (χ0) is 16.4. The minimum atomic E-state index is -0.0671. The first-order valence-electron chi connectivity index (χ1n) is 7.73. The van der Waals surface area contributed by atoms with Crippen molar-refractivity contribution in [2.45, 2.75) is 26.7 Å². The number of fused-ring (bicyclic) bond motifs is 3. The van der Waals surface area contributed by atoms with E-state index in [1.807, 2.05) is 42.6 Å². The Balaban J connectivity index is 1.98. The topological polar surface area (TPSA) is 79.5 Å². The molecule has 2 aromatic heterocycles. The van der Waals surface area contributed by atoms with Crippen molar-refractivity contribution in [3.05, 3.63) is 41.2 Å². The van der Waals surface area contributed by atoms with Crippen LogP contribution >= 0.6 is 0 Å². The molecule has 1 amide bonds. The third kappa shape index (κ3) is 2.90. The van der Waals surface area contributed by atoms with E-state index in [9.17, 15) is 4.79 Å². The van der Waals surface area contributed by atoms with Gasteiger partial charge in [-0.2, -0.15) is 5.10 Å². The van der Waals surface area contributed by atoms with E-state index in [4.69, 9.17) is 5.11 Å². The van der Waals surface area contributed by atoms with Gasteiger partial charge in [0.05, 0.1) is 11.9 Å². The number of aromatic nitrogens is 3. The molecule has 2 N–H and O–H groups in total. The molecule has 0 radical (unpaired) electrons. The van der Waals surface area contributed by atoms with Crippen LogP contribution in [0.3, 0.4) is 0 Å². The molecule has 0 atom stereocenters. The van der Waals surface area contributed by atoms with Gasteiger partial charge in [-0.1, -0.05) is 12.1 Å². The maximum absolute atomic E-state index is 12.0. The van der Waals surface area contributed by atoms with Crippen molar-refractivity contribution in [3.8, 4) is 0 Å². The predicted octanol–water partition coefficient (Wildman–Crippen LogP) is 1.54. The largest absolute Gasteiger partial charge is 0.396 e. The lowest BCUT2D eigenvalue weighted by Gasteiger charge is -2.11. The number of nitrogens with one attached hydrogen (secondary N) is 1. The second-order valence-electron chi connectivity index (χ2n) is 5.62. The van der Waals surface area contributed by atoms with Crippen molar-refractivity contribution in [1.29, 1.82) is 0 Å². The number of aryl methyl sites for hydroxylation is 2. The van der Waals surface area contributed by atoms with E-state index in [0.29, 0.717) is 13.0 Å². The van der Waals surface area contributed by atoms with Crippen molar-refractivity contribution >= 4 is 22.5 Å². The number of carbonyl (C=O) groups excluding carboxylic acids is 1. The maximum atomic E-state index is 12.0. The van der Waals surface area contributed by atoms with E-state index in [-0.39, 0.29) is 18.9 Å². The van der Waals surface area contributed by atoms with Gasteiger partial charge in [0.15, 0.2) is 5.65 Å². The Morgan fingerprint density at radius 1 is 1.30 bits per heavy atom. The van der Waals surface area contributed by atoms with Gasteiger partial charge < -0.3 is 10.4 Å². The highest BCUT2D eigenvalue weighted by molar-refractivity contribution is 5.92. The number of nitrogens with zero attached hydrogens (tertiary/aromatic N) is 3. The predicted molar refractivity (Wildman–Crippen MR) is 88.4 cm³/mol. The Morgan fingerprint density at radius 2 is 2.09 bits per heavy atom. The van der Waals surface area contributed by atoms with E-state index in [1.54, 1.807) is 0 Å². The maximum Gasteiger partial charge on any atom is 0.224 e. The Morgan fingerprint density at radius 3 is 2.87 bits per heavy atom. The summed E-state index contributed by atoms with van der Waals surface area (Å²) in [7, 11) is 0. The van der Waals surface area contributed by atoms with Crippen LogP contribution in [0.4, 0.5) is 0 Å². The van der Waals surface area contributed by atoms with E-state index in [2.05, 4.69) is 15.4 Å². The number of carbonyl (C=O) groups is 1. The molecular weight excluding hydrogens is 292 g/mol. The molecule has 120 valence electrons. The number of hydrogen-bond donors (Lipinski definition) is 2. The number of amides is 1. The number of rotatable bonds is 5. The highest BCUT2D eigenvalue weighted by Gasteiger charge is 2.15. The van der Waals surface area contributed by atoms with E-state index >= 15 is 0 Å². The fourth-order valence-electron chi connectivity index (χ4n) is 2.76. The summed E-state index contributed by atoms with van der Waals surface area (Å²) in [6.45, 7) is 4.44. The van der Waals surface area contributed by atoms with Crippen molar-refractivity contribution < 1.29 is 9.90 Å². The normalized spacial score (nSPS) is 11.3. The van der Waals surface area contributed by atoms with Crippen LogP contribution in [-0.4, -0.2) is 38.8 Å². The highest BCUT2D eigenvalue weighted by Crippen LogP contribution is 2.22. The molecule has 0 aliphatic carbocycles. The average molecular weight is 312 g/mol. The van der Waals surface area contributed by atoms with Gasteiger partial charge in [0.1, 0.15) is 0 Å². The summed E-state index contributed by atoms with van der Waals surface area (Å²) in [6.07, 6.45) is 0.827. The minimum absolute atomic E-state index is 0.0671. The first-order chi connectivity index (χ1) is 11.1. The minimum Gasteiger partial charge on any atom is -0.396 e. The second-order valence-corrected chi connectivity index (χ2v) is 5.62. The summed E-state index contributed by atoms with van der Waals surface area (Å²) < 4.78 is 1.81. The quantitative estimate of drug-likeness (QED) is 0.700. The Labute approximate surface area is 134 Å². The lowest BCUT2D eigenvalue weighted by molar-refractivity contribution is -0.120. The van der Waals surface area contributed by atoms with Crippen LogP contribution in [0.25, 0.3) is 16.6 Å². The molecule has 0 fully saturated rings. The number of hydrogen-bond acceptors (Lipinski definition) is 4. The Bertz CT molecular complexity index is 870. The van der Waals surface area contributed by atoms with Gasteiger partial charge in [-0.05, 0) is 32.4 Å². The highest BCUT2D eigenvalue weighted by atomic mass is 16.3. The van der Waals surface area contributed by atoms with Crippen molar-refractivity contribution in [3.63, 3.8) is 0 Å². The second kappa shape index (κ2) is 6.34. The molecule has 0 saturated carbocycles. The van der Waals surface area contributed by atoms with Crippen molar-refractivity contribution in [2.75, 3.05) is 13.2 Å². The molecular formula is C17H20N4O2. The fourth-order valence-corrected chi connectivity index (χ4v) is 2.76. The summed E-state index contributed by atoms with van der Waals surface area (Å²) in [5.74, 6) is -0.0671. The molecule has 0 bridgehead atoms. The zero-order valence-electron chi connectivity index (χ0n) is 13.3. The lowest BCUT2D eigenvalue weighted by atomic mass is 10.1. The lowest BCUT2D eigenvalue weighted by Crippen LogP contribution is -2.27. The fraction of sp³-hybridized carbons (Fsp3) is 0.353. The first-order valence-corrected chi connectivity index (χ1v) is 7.73. The van der Waals surface area contributed by atoms with Gasteiger partial charge in [-0.15, -0.1) is 0 Å². The third-order valence-corrected chi connectivity index (χ3v) is 4.01. The molecule has 6 nitrogen and oxygen atoms in total. The molecule has 2 heterocycles. The summed E-state index contributed by atoms with van der Waals surface area (Å²) in [6, 6.07) is 7.89.